The van der Waals surface area contributed by atoms with Crippen LogP contribution in [0.5, 0.6) is 0 Å². The Morgan fingerprint density at radius 2 is 1.95 bits per heavy atom. The van der Waals surface area contributed by atoms with Gasteiger partial charge in [-0.25, -0.2) is 0 Å². The second kappa shape index (κ2) is 6.76. The van der Waals surface area contributed by atoms with Gasteiger partial charge in [-0.05, 0) is 43.5 Å². The number of hydrogen-bond acceptors (Lipinski definition) is 3. The number of hydrogen-bond donors (Lipinski definition) is 1. The van der Waals surface area contributed by atoms with Crippen molar-refractivity contribution < 1.29 is 9.32 Å². The standard InChI is InChI=1S/C16H19ClN2O2/c1-10(2)8-11(3)18-16(20)14-9-15(21-19-14)12-4-6-13(17)7-5-12/h4-7,9-11H,8H2,1-3H3,(H,18,20)/t11-/m0/s1. The number of amides is 1. The van der Waals surface area contributed by atoms with Crippen LogP contribution in [0.1, 0.15) is 37.7 Å². The van der Waals surface area contributed by atoms with Crippen LogP contribution in [0.25, 0.3) is 11.3 Å². The molecule has 5 heteroatoms. The van der Waals surface area contributed by atoms with Gasteiger partial charge >= 0.3 is 0 Å². The highest BCUT2D eigenvalue weighted by molar-refractivity contribution is 6.30. The molecule has 0 saturated heterocycles. The van der Waals surface area contributed by atoms with Gasteiger partial charge < -0.3 is 9.84 Å². The van der Waals surface area contributed by atoms with E-state index in [0.29, 0.717) is 16.7 Å². The van der Waals surface area contributed by atoms with Crippen LogP contribution in [-0.4, -0.2) is 17.1 Å². The Hall–Kier alpha value is -1.81. The Labute approximate surface area is 129 Å². The molecule has 0 fully saturated rings. The highest BCUT2D eigenvalue weighted by Crippen LogP contribution is 2.22. The van der Waals surface area contributed by atoms with E-state index in [1.54, 1.807) is 18.2 Å². The first kappa shape index (κ1) is 15.6. The molecule has 0 aliphatic rings. The molecule has 2 rings (SSSR count). The van der Waals surface area contributed by atoms with Crippen molar-refractivity contribution in [2.45, 2.75) is 33.2 Å². The van der Waals surface area contributed by atoms with Crippen molar-refractivity contribution in [3.63, 3.8) is 0 Å². The molecule has 0 spiro atoms. The van der Waals surface area contributed by atoms with Crippen LogP contribution in [0, 0.1) is 5.92 Å². The molecule has 4 nitrogen and oxygen atoms in total. The van der Waals surface area contributed by atoms with Gasteiger partial charge in [-0.3, -0.25) is 4.79 Å². The fourth-order valence-corrected chi connectivity index (χ4v) is 2.32. The number of nitrogens with zero attached hydrogens (tertiary/aromatic N) is 1. The van der Waals surface area contributed by atoms with Crippen molar-refractivity contribution >= 4 is 17.5 Å². The molecule has 21 heavy (non-hydrogen) atoms. The van der Waals surface area contributed by atoms with Gasteiger partial charge in [0.1, 0.15) is 0 Å². The molecular weight excluding hydrogens is 288 g/mol. The highest BCUT2D eigenvalue weighted by atomic mass is 35.5. The number of nitrogens with one attached hydrogen (secondary N) is 1. The van der Waals surface area contributed by atoms with E-state index in [-0.39, 0.29) is 17.6 Å². The Kier molecular flexibility index (Phi) is 5.02. The summed E-state index contributed by atoms with van der Waals surface area (Å²) in [4.78, 5) is 12.1. The number of carbonyl (C=O) groups excluding carboxylic acids is 1. The van der Waals surface area contributed by atoms with Crippen molar-refractivity contribution in [2.75, 3.05) is 0 Å². The molecule has 0 saturated carbocycles. The van der Waals surface area contributed by atoms with Crippen LogP contribution in [0.3, 0.4) is 0 Å². The van der Waals surface area contributed by atoms with E-state index >= 15 is 0 Å². The summed E-state index contributed by atoms with van der Waals surface area (Å²) in [7, 11) is 0. The van der Waals surface area contributed by atoms with Gasteiger partial charge in [0, 0.05) is 22.7 Å². The molecule has 2 aromatic rings. The molecule has 1 aromatic heterocycles. The summed E-state index contributed by atoms with van der Waals surface area (Å²) < 4.78 is 5.22. The van der Waals surface area contributed by atoms with E-state index in [0.717, 1.165) is 12.0 Å². The molecular formula is C16H19ClN2O2. The third-order valence-corrected chi connectivity index (χ3v) is 3.33. The van der Waals surface area contributed by atoms with Gasteiger partial charge in [-0.15, -0.1) is 0 Å². The van der Waals surface area contributed by atoms with Gasteiger partial charge in [0.25, 0.3) is 5.91 Å². The summed E-state index contributed by atoms with van der Waals surface area (Å²) in [5, 5.41) is 7.40. The van der Waals surface area contributed by atoms with Crippen molar-refractivity contribution in [3.05, 3.63) is 41.0 Å². The van der Waals surface area contributed by atoms with E-state index < -0.39 is 0 Å². The summed E-state index contributed by atoms with van der Waals surface area (Å²) >= 11 is 5.84. The predicted molar refractivity (Wildman–Crippen MR) is 83.3 cm³/mol. The lowest BCUT2D eigenvalue weighted by Crippen LogP contribution is -2.33. The first-order valence-electron chi connectivity index (χ1n) is 6.99. The molecule has 112 valence electrons. The molecule has 0 bridgehead atoms. The van der Waals surface area contributed by atoms with Gasteiger partial charge in [0.2, 0.25) is 0 Å². The van der Waals surface area contributed by atoms with E-state index in [1.165, 1.54) is 0 Å². The normalized spacial score (nSPS) is 12.4. The van der Waals surface area contributed by atoms with Crippen molar-refractivity contribution in [1.82, 2.24) is 10.5 Å². The van der Waals surface area contributed by atoms with E-state index in [1.807, 2.05) is 19.1 Å². The van der Waals surface area contributed by atoms with E-state index in [9.17, 15) is 4.79 Å². The number of benzene rings is 1. The van der Waals surface area contributed by atoms with Gasteiger partial charge in [0.05, 0.1) is 0 Å². The monoisotopic (exact) mass is 306 g/mol. The minimum atomic E-state index is -0.216. The number of aromatic nitrogens is 1. The zero-order chi connectivity index (χ0) is 15.4. The second-order valence-corrected chi connectivity index (χ2v) is 6.02. The average molecular weight is 307 g/mol. The van der Waals surface area contributed by atoms with Gasteiger partial charge in [-0.1, -0.05) is 30.6 Å². The summed E-state index contributed by atoms with van der Waals surface area (Å²) in [6.45, 7) is 6.23. The minimum absolute atomic E-state index is 0.105. The molecule has 1 N–H and O–H groups in total. The largest absolute Gasteiger partial charge is 0.355 e. The summed E-state index contributed by atoms with van der Waals surface area (Å²) in [6, 6.07) is 8.93. The van der Waals surface area contributed by atoms with Crippen LogP contribution in [0.15, 0.2) is 34.9 Å². The summed E-state index contributed by atoms with van der Waals surface area (Å²) in [5.74, 6) is 0.864. The molecule has 0 unspecified atom stereocenters. The lowest BCUT2D eigenvalue weighted by molar-refractivity contribution is 0.0927. The minimum Gasteiger partial charge on any atom is -0.355 e. The maximum Gasteiger partial charge on any atom is 0.273 e. The number of carbonyl (C=O) groups is 1. The molecule has 1 amide bonds. The highest BCUT2D eigenvalue weighted by Gasteiger charge is 2.16. The smallest absolute Gasteiger partial charge is 0.273 e. The van der Waals surface area contributed by atoms with Crippen molar-refractivity contribution in [3.8, 4) is 11.3 Å². The van der Waals surface area contributed by atoms with Crippen LogP contribution in [-0.2, 0) is 0 Å². The van der Waals surface area contributed by atoms with Crippen LogP contribution >= 0.6 is 11.6 Å². The van der Waals surface area contributed by atoms with E-state index in [4.69, 9.17) is 16.1 Å². The lowest BCUT2D eigenvalue weighted by atomic mass is 10.1. The first-order chi connectivity index (χ1) is 9.95. The molecule has 0 aliphatic heterocycles. The Bertz CT molecular complexity index is 605. The number of rotatable bonds is 5. The molecule has 1 heterocycles. The Morgan fingerprint density at radius 3 is 2.57 bits per heavy atom. The maximum atomic E-state index is 12.1. The van der Waals surface area contributed by atoms with Crippen LogP contribution in [0.4, 0.5) is 0 Å². The van der Waals surface area contributed by atoms with Crippen LogP contribution < -0.4 is 5.32 Å². The molecule has 1 aromatic carbocycles. The lowest BCUT2D eigenvalue weighted by Gasteiger charge is -2.14. The zero-order valence-corrected chi connectivity index (χ0v) is 13.1. The van der Waals surface area contributed by atoms with Gasteiger partial charge in [-0.2, -0.15) is 0 Å². The third-order valence-electron chi connectivity index (χ3n) is 3.07. The van der Waals surface area contributed by atoms with Crippen molar-refractivity contribution in [2.24, 2.45) is 5.92 Å². The second-order valence-electron chi connectivity index (χ2n) is 5.59. The van der Waals surface area contributed by atoms with E-state index in [2.05, 4.69) is 24.3 Å². The first-order valence-corrected chi connectivity index (χ1v) is 7.37. The topological polar surface area (TPSA) is 55.1 Å². The molecule has 0 radical (unpaired) electrons. The maximum absolute atomic E-state index is 12.1. The molecule has 1 atom stereocenters. The fraction of sp³-hybridized carbons (Fsp3) is 0.375. The average Bonchev–Trinajstić information content (AvgIpc) is 2.88. The summed E-state index contributed by atoms with van der Waals surface area (Å²) in [5.41, 5.74) is 1.12. The fourth-order valence-electron chi connectivity index (χ4n) is 2.20. The zero-order valence-electron chi connectivity index (χ0n) is 12.4. The number of halogens is 1. The summed E-state index contributed by atoms with van der Waals surface area (Å²) in [6.07, 6.45) is 0.924. The molecule has 0 aliphatic carbocycles. The van der Waals surface area contributed by atoms with Crippen molar-refractivity contribution in [1.29, 1.82) is 0 Å². The SMILES string of the molecule is CC(C)C[C@H](C)NC(=O)c1cc(-c2ccc(Cl)cc2)on1. The Balaban J connectivity index is 2.05. The third kappa shape index (κ3) is 4.33. The predicted octanol–water partition coefficient (Wildman–Crippen LogP) is 4.16. The Morgan fingerprint density at radius 1 is 1.29 bits per heavy atom. The van der Waals surface area contributed by atoms with Crippen LogP contribution in [0.2, 0.25) is 5.02 Å². The van der Waals surface area contributed by atoms with Gasteiger partial charge in [0.15, 0.2) is 11.5 Å². The quantitative estimate of drug-likeness (QED) is 0.902.